The monoisotopic (exact) mass is 492 g/mol. The van der Waals surface area contributed by atoms with Crippen LogP contribution in [0.5, 0.6) is 0 Å². The van der Waals surface area contributed by atoms with Crippen molar-refractivity contribution in [3.05, 3.63) is 11.3 Å². The van der Waals surface area contributed by atoms with Crippen LogP contribution >= 0.6 is 23.4 Å². The number of hydrogen-bond donors (Lipinski definition) is 5. The summed E-state index contributed by atoms with van der Waals surface area (Å²) in [5.74, 6) is -4.71. The minimum atomic E-state index is -1.38. The summed E-state index contributed by atoms with van der Waals surface area (Å²) in [6.45, 7) is -0.373. The largest absolute Gasteiger partial charge is 0.480 e. The average molecular weight is 493 g/mol. The Bertz CT molecular complexity index is 865. The van der Waals surface area contributed by atoms with Gasteiger partial charge in [-0.15, -0.1) is 23.4 Å². The lowest BCUT2D eigenvalue weighted by Crippen LogP contribution is -2.70. The van der Waals surface area contributed by atoms with Gasteiger partial charge < -0.3 is 31.3 Å². The van der Waals surface area contributed by atoms with Crippen LogP contribution in [-0.4, -0.2) is 86.6 Å². The second kappa shape index (κ2) is 11.0. The molecule has 32 heavy (non-hydrogen) atoms. The van der Waals surface area contributed by atoms with E-state index in [-0.39, 0.29) is 42.9 Å². The zero-order valence-electron chi connectivity index (χ0n) is 16.5. The Labute approximate surface area is 190 Å². The highest BCUT2D eigenvalue weighted by atomic mass is 35.5. The number of rotatable bonds is 11. The molecule has 2 heterocycles. The number of aliphatic carboxylic acids is 2. The van der Waals surface area contributed by atoms with Crippen molar-refractivity contribution in [3.63, 3.8) is 0 Å². The van der Waals surface area contributed by atoms with Crippen LogP contribution in [0.25, 0.3) is 0 Å². The lowest BCUT2D eigenvalue weighted by atomic mass is 10.0. The number of nitrogens with one attached hydrogen (secondary N) is 2. The summed E-state index contributed by atoms with van der Waals surface area (Å²) in [4.78, 5) is 70.5. The third-order valence-electron chi connectivity index (χ3n) is 4.61. The molecule has 0 aromatic carbocycles. The van der Waals surface area contributed by atoms with Crippen molar-refractivity contribution in [1.82, 2.24) is 15.5 Å². The van der Waals surface area contributed by atoms with Crippen molar-refractivity contribution in [2.24, 2.45) is 5.73 Å². The van der Waals surface area contributed by atoms with E-state index in [9.17, 15) is 33.9 Å². The molecule has 15 heteroatoms. The molecule has 0 aromatic heterocycles. The van der Waals surface area contributed by atoms with Crippen LogP contribution < -0.4 is 16.4 Å². The molecular formula is C17H21ClN4O9S. The number of nitrogens with two attached hydrogens (primary N) is 1. The molecule has 2 unspecified atom stereocenters. The molecule has 1 fully saturated rings. The van der Waals surface area contributed by atoms with E-state index in [0.29, 0.717) is 0 Å². The van der Waals surface area contributed by atoms with Crippen LogP contribution in [0.1, 0.15) is 19.3 Å². The number of carboxylic acid groups (broad SMARTS) is 2. The predicted octanol–water partition coefficient (Wildman–Crippen LogP) is -1.20. The number of nitrogens with zero attached hydrogens (tertiary/aromatic N) is 1. The number of thioether (sulfide) groups is 1. The number of amides is 4. The third kappa shape index (κ3) is 6.03. The zero-order valence-corrected chi connectivity index (χ0v) is 18.1. The van der Waals surface area contributed by atoms with Gasteiger partial charge in [-0.05, 0) is 12.8 Å². The van der Waals surface area contributed by atoms with E-state index >= 15 is 0 Å². The molecule has 2 aliphatic heterocycles. The number of ether oxygens (including phenoxy) is 1. The summed E-state index contributed by atoms with van der Waals surface area (Å²) < 4.78 is 4.63. The molecule has 4 amide bonds. The first-order chi connectivity index (χ1) is 15.1. The van der Waals surface area contributed by atoms with Crippen molar-refractivity contribution in [2.75, 3.05) is 18.2 Å². The van der Waals surface area contributed by atoms with Crippen LogP contribution in [0.4, 0.5) is 4.79 Å². The molecule has 2 aliphatic rings. The number of carboxylic acids is 2. The minimum absolute atomic E-state index is 0.0244. The number of carbonyl (C=O) groups is 6. The molecule has 2 rings (SSSR count). The van der Waals surface area contributed by atoms with Crippen molar-refractivity contribution < 1.29 is 43.7 Å². The molecule has 0 radical (unpaired) electrons. The van der Waals surface area contributed by atoms with E-state index in [1.54, 1.807) is 0 Å². The van der Waals surface area contributed by atoms with Crippen molar-refractivity contribution >= 4 is 59.1 Å². The quantitative estimate of drug-likeness (QED) is 0.172. The second-order valence-electron chi connectivity index (χ2n) is 6.80. The van der Waals surface area contributed by atoms with Gasteiger partial charge in [-0.3, -0.25) is 19.3 Å². The summed E-state index contributed by atoms with van der Waals surface area (Å²) in [5.41, 5.74) is 4.78. The first kappa shape index (κ1) is 25.3. The maximum Gasteiger partial charge on any atom is 0.404 e. The lowest BCUT2D eigenvalue weighted by molar-refractivity contribution is -0.150. The molecular weight excluding hydrogens is 472 g/mol. The molecule has 6 N–H and O–H groups in total. The Morgan fingerprint density at radius 1 is 1.25 bits per heavy atom. The van der Waals surface area contributed by atoms with E-state index in [4.69, 9.17) is 22.4 Å². The number of halogens is 1. The number of primary amides is 1. The third-order valence-corrected chi connectivity index (χ3v) is 6.19. The summed E-state index contributed by atoms with van der Waals surface area (Å²) in [6.07, 6.45) is -1.10. The summed E-state index contributed by atoms with van der Waals surface area (Å²) in [7, 11) is 0. The maximum atomic E-state index is 12.5. The normalized spacial score (nSPS) is 20.5. The van der Waals surface area contributed by atoms with Gasteiger partial charge >= 0.3 is 18.0 Å². The topological polar surface area (TPSA) is 205 Å². The van der Waals surface area contributed by atoms with Gasteiger partial charge in [-0.25, -0.2) is 14.4 Å². The smallest absolute Gasteiger partial charge is 0.404 e. The van der Waals surface area contributed by atoms with Crippen LogP contribution in [0.15, 0.2) is 11.3 Å². The van der Waals surface area contributed by atoms with Gasteiger partial charge in [0.05, 0.1) is 0 Å². The van der Waals surface area contributed by atoms with Crippen molar-refractivity contribution in [1.29, 1.82) is 0 Å². The number of alkyl halides is 1. The fraction of sp³-hybridized carbons (Fsp3) is 0.529. The van der Waals surface area contributed by atoms with Crippen molar-refractivity contribution in [3.8, 4) is 0 Å². The van der Waals surface area contributed by atoms with Gasteiger partial charge in [-0.1, -0.05) is 0 Å². The zero-order chi connectivity index (χ0) is 24.0. The Hall–Kier alpha value is -3.00. The predicted molar refractivity (Wildman–Crippen MR) is 109 cm³/mol. The molecule has 0 spiro atoms. The lowest BCUT2D eigenvalue weighted by Gasteiger charge is -2.49. The molecule has 0 bridgehead atoms. The fourth-order valence-corrected chi connectivity index (χ4v) is 4.56. The number of carbonyl (C=O) groups excluding carboxylic acids is 4. The number of fused-ring (bicyclic) bond motifs is 1. The van der Waals surface area contributed by atoms with E-state index in [0.717, 1.165) is 4.90 Å². The van der Waals surface area contributed by atoms with Gasteiger partial charge in [0.2, 0.25) is 11.8 Å². The van der Waals surface area contributed by atoms with Crippen molar-refractivity contribution in [2.45, 2.75) is 36.7 Å². The Morgan fingerprint density at radius 2 is 1.94 bits per heavy atom. The standard InChI is InChI=1S/C17H21ClN4O9S/c18-4-10(24)20-8(15(26)27)2-1-3-9(23)21-11-13(25)22-12(16(28)29)7(5-31-17(19)30)6-32-14(11)22/h8,11,14H,1-6H2,(H2,19,30)(H,20,24)(H,21,23)(H,26,27)(H,28,29)/t8?,11?,14-/m0/s1. The summed E-state index contributed by atoms with van der Waals surface area (Å²) >= 11 is 6.52. The maximum absolute atomic E-state index is 12.5. The van der Waals surface area contributed by atoms with Crippen LogP contribution in [0, 0.1) is 0 Å². The fourth-order valence-electron chi connectivity index (χ4n) is 3.16. The SMILES string of the molecule is NC(=O)OCC1=C(C(=O)O)N2C(=O)C(NC(=O)CCCC(NC(=O)CCl)C(=O)O)[C@@H]2SC1. The van der Waals surface area contributed by atoms with Gasteiger partial charge in [0.15, 0.2) is 0 Å². The highest BCUT2D eigenvalue weighted by Gasteiger charge is 2.54. The second-order valence-corrected chi connectivity index (χ2v) is 8.18. The van der Waals surface area contributed by atoms with Gasteiger partial charge in [0.1, 0.15) is 35.6 Å². The van der Waals surface area contributed by atoms with Crippen LogP contribution in [-0.2, 0) is 28.7 Å². The van der Waals surface area contributed by atoms with E-state index in [1.807, 2.05) is 0 Å². The first-order valence-corrected chi connectivity index (χ1v) is 10.8. The average Bonchev–Trinajstić information content (AvgIpc) is 2.73. The number of β-lactam (4-membered cyclic amide) rings is 1. The van der Waals surface area contributed by atoms with Gasteiger partial charge in [-0.2, -0.15) is 0 Å². The highest BCUT2D eigenvalue weighted by Crippen LogP contribution is 2.40. The van der Waals surface area contributed by atoms with Crippen LogP contribution in [0.3, 0.4) is 0 Å². The number of hydrogen-bond acceptors (Lipinski definition) is 8. The van der Waals surface area contributed by atoms with E-state index in [1.165, 1.54) is 11.8 Å². The molecule has 1 saturated heterocycles. The summed E-state index contributed by atoms with van der Waals surface area (Å²) in [5, 5.41) is 22.7. The Morgan fingerprint density at radius 3 is 2.50 bits per heavy atom. The van der Waals surface area contributed by atoms with Crippen LogP contribution in [0.2, 0.25) is 0 Å². The minimum Gasteiger partial charge on any atom is -0.480 e. The highest BCUT2D eigenvalue weighted by molar-refractivity contribution is 8.00. The molecule has 0 saturated carbocycles. The van der Waals surface area contributed by atoms with E-state index in [2.05, 4.69) is 15.4 Å². The molecule has 176 valence electrons. The molecule has 0 aliphatic carbocycles. The molecule has 0 aromatic rings. The first-order valence-electron chi connectivity index (χ1n) is 9.26. The van der Waals surface area contributed by atoms with E-state index < -0.39 is 59.1 Å². The molecule has 13 nitrogen and oxygen atoms in total. The van der Waals surface area contributed by atoms with Gasteiger partial charge in [0.25, 0.3) is 5.91 Å². The Balaban J connectivity index is 1.92. The Kier molecular flexibility index (Phi) is 8.72. The van der Waals surface area contributed by atoms with Gasteiger partial charge in [0, 0.05) is 17.7 Å². The molecule has 3 atom stereocenters. The summed E-state index contributed by atoms with van der Waals surface area (Å²) in [6, 6.07) is -2.15.